The molecule has 1 aromatic rings. The quantitative estimate of drug-likeness (QED) is 0.554. The first-order valence-corrected chi connectivity index (χ1v) is 9.80. The number of nitro benzene ring substituents is 1. The second-order valence-electron chi connectivity index (χ2n) is 6.50. The molecule has 8 nitrogen and oxygen atoms in total. The number of ether oxygens (including phenoxy) is 1. The summed E-state index contributed by atoms with van der Waals surface area (Å²) >= 11 is 0. The standard InChI is InChI=1S/C16H25N3O5S/c1-12(2)15(18-8-4-5-9-18)11-17-25(22,23)13-6-7-16(24-3)14(10-13)19(20)21/h6-7,10,12,15,17H,4-5,8-9,11H2,1-3H3/t15-/m0/s1. The third-order valence-electron chi connectivity index (χ3n) is 4.52. The van der Waals surface area contributed by atoms with Gasteiger partial charge in [0, 0.05) is 18.7 Å². The first kappa shape index (κ1) is 19.6. The molecule has 0 amide bonds. The van der Waals surface area contributed by atoms with Crippen LogP contribution in [0, 0.1) is 16.0 Å². The fourth-order valence-electron chi connectivity index (χ4n) is 3.12. The van der Waals surface area contributed by atoms with Crippen molar-refractivity contribution < 1.29 is 18.1 Å². The van der Waals surface area contributed by atoms with Gasteiger partial charge in [0.15, 0.2) is 5.75 Å². The van der Waals surface area contributed by atoms with Gasteiger partial charge in [-0.05, 0) is 44.0 Å². The molecular weight excluding hydrogens is 346 g/mol. The van der Waals surface area contributed by atoms with Crippen LogP contribution in [0.2, 0.25) is 0 Å². The molecule has 0 saturated carbocycles. The Hall–Kier alpha value is -1.71. The van der Waals surface area contributed by atoms with E-state index in [2.05, 4.69) is 23.5 Å². The number of rotatable bonds is 8. The van der Waals surface area contributed by atoms with Gasteiger partial charge >= 0.3 is 5.69 Å². The fraction of sp³-hybridized carbons (Fsp3) is 0.625. The normalized spacial score (nSPS) is 17.0. The molecule has 0 bridgehead atoms. The van der Waals surface area contributed by atoms with Gasteiger partial charge in [-0.2, -0.15) is 0 Å². The van der Waals surface area contributed by atoms with Crippen LogP contribution in [0.25, 0.3) is 0 Å². The Morgan fingerprint density at radius 1 is 1.32 bits per heavy atom. The molecule has 0 spiro atoms. The summed E-state index contributed by atoms with van der Waals surface area (Å²) in [4.78, 5) is 12.6. The average molecular weight is 371 g/mol. The zero-order valence-corrected chi connectivity index (χ0v) is 15.6. The van der Waals surface area contributed by atoms with Gasteiger partial charge in [0.25, 0.3) is 0 Å². The van der Waals surface area contributed by atoms with E-state index in [1.54, 1.807) is 0 Å². The highest BCUT2D eigenvalue weighted by molar-refractivity contribution is 7.89. The van der Waals surface area contributed by atoms with Crippen molar-refractivity contribution >= 4 is 15.7 Å². The van der Waals surface area contributed by atoms with Crippen molar-refractivity contribution in [2.75, 3.05) is 26.7 Å². The summed E-state index contributed by atoms with van der Waals surface area (Å²) in [6, 6.07) is 3.74. The predicted octanol–water partition coefficient (Wildman–Crippen LogP) is 2.00. The van der Waals surface area contributed by atoms with E-state index in [9.17, 15) is 18.5 Å². The molecule has 0 unspecified atom stereocenters. The Bertz CT molecular complexity index is 714. The molecule has 1 heterocycles. The van der Waals surface area contributed by atoms with Crippen molar-refractivity contribution in [1.29, 1.82) is 0 Å². The topological polar surface area (TPSA) is 102 Å². The number of nitrogens with one attached hydrogen (secondary N) is 1. The summed E-state index contributed by atoms with van der Waals surface area (Å²) in [7, 11) is -2.53. The fourth-order valence-corrected chi connectivity index (χ4v) is 4.19. The molecule has 1 aromatic carbocycles. The van der Waals surface area contributed by atoms with Crippen molar-refractivity contribution in [3.05, 3.63) is 28.3 Å². The van der Waals surface area contributed by atoms with E-state index in [-0.39, 0.29) is 28.9 Å². The van der Waals surface area contributed by atoms with Crippen LogP contribution in [0.5, 0.6) is 5.75 Å². The van der Waals surface area contributed by atoms with E-state index in [1.165, 1.54) is 19.2 Å². The van der Waals surface area contributed by atoms with Gasteiger partial charge in [0.05, 0.1) is 16.9 Å². The van der Waals surface area contributed by atoms with Crippen LogP contribution in [0.1, 0.15) is 26.7 Å². The van der Waals surface area contributed by atoms with Gasteiger partial charge < -0.3 is 4.74 Å². The third kappa shape index (κ3) is 4.68. The highest BCUT2D eigenvalue weighted by atomic mass is 32.2. The minimum Gasteiger partial charge on any atom is -0.490 e. The summed E-state index contributed by atoms with van der Waals surface area (Å²) in [5.41, 5.74) is -0.370. The van der Waals surface area contributed by atoms with Crippen LogP contribution in [0.4, 0.5) is 5.69 Å². The molecule has 25 heavy (non-hydrogen) atoms. The summed E-state index contributed by atoms with van der Waals surface area (Å²) in [6.07, 6.45) is 2.25. The lowest BCUT2D eigenvalue weighted by molar-refractivity contribution is -0.386. The third-order valence-corrected chi connectivity index (χ3v) is 5.94. The smallest absolute Gasteiger partial charge is 0.312 e. The molecule has 1 aliphatic heterocycles. The Morgan fingerprint density at radius 2 is 1.96 bits per heavy atom. The highest BCUT2D eigenvalue weighted by Gasteiger charge is 2.27. The van der Waals surface area contributed by atoms with Gasteiger partial charge in [0.2, 0.25) is 10.0 Å². The number of hydrogen-bond donors (Lipinski definition) is 1. The minimum atomic E-state index is -3.84. The second-order valence-corrected chi connectivity index (χ2v) is 8.26. The first-order chi connectivity index (χ1) is 11.8. The minimum absolute atomic E-state index is 0.0288. The molecule has 9 heteroatoms. The molecule has 1 saturated heterocycles. The van der Waals surface area contributed by atoms with E-state index in [1.807, 2.05) is 0 Å². The van der Waals surface area contributed by atoms with E-state index >= 15 is 0 Å². The van der Waals surface area contributed by atoms with Gasteiger partial charge in [-0.15, -0.1) is 0 Å². The van der Waals surface area contributed by atoms with Gasteiger partial charge in [-0.25, -0.2) is 13.1 Å². The maximum atomic E-state index is 12.6. The molecule has 1 N–H and O–H groups in total. The molecule has 0 aliphatic carbocycles. The first-order valence-electron chi connectivity index (χ1n) is 8.32. The molecule has 1 atom stereocenters. The highest BCUT2D eigenvalue weighted by Crippen LogP contribution is 2.29. The van der Waals surface area contributed by atoms with Crippen LogP contribution in [0.15, 0.2) is 23.1 Å². The Morgan fingerprint density at radius 3 is 2.48 bits per heavy atom. The Kier molecular flexibility index (Phi) is 6.36. The zero-order valence-electron chi connectivity index (χ0n) is 14.8. The van der Waals surface area contributed by atoms with Gasteiger partial charge in [0.1, 0.15) is 0 Å². The Balaban J connectivity index is 2.18. The number of sulfonamides is 1. The molecule has 1 fully saturated rings. The molecule has 2 rings (SSSR count). The molecule has 0 aromatic heterocycles. The van der Waals surface area contributed by atoms with Crippen molar-refractivity contribution in [2.24, 2.45) is 5.92 Å². The van der Waals surface area contributed by atoms with E-state index in [0.717, 1.165) is 32.0 Å². The lowest BCUT2D eigenvalue weighted by Crippen LogP contribution is -2.45. The number of nitro groups is 1. The number of likely N-dealkylation sites (tertiary alicyclic amines) is 1. The number of methoxy groups -OCH3 is 1. The van der Waals surface area contributed by atoms with E-state index < -0.39 is 14.9 Å². The van der Waals surface area contributed by atoms with Crippen molar-refractivity contribution in [1.82, 2.24) is 9.62 Å². The average Bonchev–Trinajstić information content (AvgIpc) is 3.08. The summed E-state index contributed by atoms with van der Waals surface area (Å²) < 4.78 is 32.6. The summed E-state index contributed by atoms with van der Waals surface area (Å²) in [5, 5.41) is 11.1. The number of hydrogen-bond acceptors (Lipinski definition) is 6. The van der Waals surface area contributed by atoms with E-state index in [4.69, 9.17) is 4.74 Å². The maximum absolute atomic E-state index is 12.6. The SMILES string of the molecule is COc1ccc(S(=O)(=O)NC[C@@H](C(C)C)N2CCCC2)cc1[N+](=O)[O-]. The Labute approximate surface area is 148 Å². The summed E-state index contributed by atoms with van der Waals surface area (Å²) in [6.45, 7) is 6.35. The second kappa shape index (κ2) is 8.11. The van der Waals surface area contributed by atoms with Crippen LogP contribution in [-0.2, 0) is 10.0 Å². The van der Waals surface area contributed by atoms with Crippen LogP contribution >= 0.6 is 0 Å². The maximum Gasteiger partial charge on any atom is 0.312 e. The van der Waals surface area contributed by atoms with Crippen LogP contribution in [-0.4, -0.2) is 51.0 Å². The molecular formula is C16H25N3O5S. The van der Waals surface area contributed by atoms with Crippen molar-refractivity contribution in [3.63, 3.8) is 0 Å². The van der Waals surface area contributed by atoms with Crippen molar-refractivity contribution in [2.45, 2.75) is 37.6 Å². The van der Waals surface area contributed by atoms with Crippen LogP contribution < -0.4 is 9.46 Å². The predicted molar refractivity (Wildman–Crippen MR) is 94.3 cm³/mol. The number of benzene rings is 1. The van der Waals surface area contributed by atoms with Gasteiger partial charge in [-0.3, -0.25) is 15.0 Å². The monoisotopic (exact) mass is 371 g/mol. The van der Waals surface area contributed by atoms with E-state index in [0.29, 0.717) is 5.92 Å². The molecule has 140 valence electrons. The van der Waals surface area contributed by atoms with Crippen LogP contribution in [0.3, 0.4) is 0 Å². The lowest BCUT2D eigenvalue weighted by Gasteiger charge is -2.30. The van der Waals surface area contributed by atoms with Gasteiger partial charge in [-0.1, -0.05) is 13.8 Å². The number of nitrogens with zero attached hydrogens (tertiary/aromatic N) is 2. The van der Waals surface area contributed by atoms with Crippen molar-refractivity contribution in [3.8, 4) is 5.75 Å². The lowest BCUT2D eigenvalue weighted by atomic mass is 10.0. The largest absolute Gasteiger partial charge is 0.490 e. The molecule has 1 aliphatic rings. The zero-order chi connectivity index (χ0) is 18.6. The molecule has 0 radical (unpaired) electrons. The summed E-state index contributed by atoms with van der Waals surface area (Å²) in [5.74, 6) is 0.326.